The lowest BCUT2D eigenvalue weighted by Gasteiger charge is -2.13. The van der Waals surface area contributed by atoms with Crippen LogP contribution in [0.25, 0.3) is 10.1 Å². The number of β-amino-alcohol motifs (C(OH)–C–C–N with tert-alkyl or cyclic N) is 1. The van der Waals surface area contributed by atoms with Crippen molar-refractivity contribution >= 4 is 33.8 Å². The fourth-order valence-corrected chi connectivity index (χ4v) is 3.45. The van der Waals surface area contributed by atoms with Crippen LogP contribution in [-0.4, -0.2) is 30.8 Å². The smallest absolute Gasteiger partial charge is 0.0716 e. The number of benzene rings is 1. The van der Waals surface area contributed by atoms with E-state index in [0.29, 0.717) is 5.92 Å². The molecule has 2 heterocycles. The van der Waals surface area contributed by atoms with Crippen LogP contribution in [0.3, 0.4) is 0 Å². The van der Waals surface area contributed by atoms with Gasteiger partial charge in [0.1, 0.15) is 0 Å². The number of hydrogen-bond acceptors (Lipinski definition) is 4. The Morgan fingerprint density at radius 2 is 2.16 bits per heavy atom. The third kappa shape index (κ3) is 3.27. The van der Waals surface area contributed by atoms with Crippen LogP contribution in [0.4, 0.5) is 0 Å². The van der Waals surface area contributed by atoms with Crippen LogP contribution in [-0.2, 0) is 6.54 Å². The Morgan fingerprint density at radius 1 is 1.32 bits per heavy atom. The molecule has 5 heteroatoms. The fraction of sp³-hybridized carbons (Fsp3) is 0.429. The van der Waals surface area contributed by atoms with Crippen molar-refractivity contribution < 1.29 is 5.11 Å². The minimum Gasteiger partial charge on any atom is -0.391 e. The molecule has 1 saturated heterocycles. The molecular weight excluding hydrogens is 280 g/mol. The van der Waals surface area contributed by atoms with Crippen molar-refractivity contribution in [1.29, 1.82) is 0 Å². The molecule has 0 radical (unpaired) electrons. The van der Waals surface area contributed by atoms with Crippen molar-refractivity contribution in [1.82, 2.24) is 10.6 Å². The molecule has 1 aliphatic rings. The first-order valence-electron chi connectivity index (χ1n) is 6.39. The Balaban J connectivity index is 0.00000133. The highest BCUT2D eigenvalue weighted by molar-refractivity contribution is 7.17. The molecular formula is C14H19ClN2OS. The van der Waals surface area contributed by atoms with Gasteiger partial charge in [0.15, 0.2) is 0 Å². The Labute approximate surface area is 123 Å². The van der Waals surface area contributed by atoms with Gasteiger partial charge in [0.05, 0.1) is 6.10 Å². The molecule has 0 aliphatic carbocycles. The summed E-state index contributed by atoms with van der Waals surface area (Å²) < 4.78 is 1.34. The Kier molecular flexibility index (Phi) is 5.19. The third-order valence-corrected chi connectivity index (χ3v) is 4.60. The summed E-state index contributed by atoms with van der Waals surface area (Å²) in [5.74, 6) is 0.342. The summed E-state index contributed by atoms with van der Waals surface area (Å²) >= 11 is 1.80. The van der Waals surface area contributed by atoms with Gasteiger partial charge in [-0.15, -0.1) is 23.7 Å². The number of thiophene rings is 1. The van der Waals surface area contributed by atoms with Gasteiger partial charge in [-0.1, -0.05) is 18.2 Å². The van der Waals surface area contributed by atoms with E-state index in [-0.39, 0.29) is 18.5 Å². The van der Waals surface area contributed by atoms with E-state index in [1.165, 1.54) is 15.6 Å². The Morgan fingerprint density at radius 3 is 2.95 bits per heavy atom. The predicted molar refractivity (Wildman–Crippen MR) is 83.1 cm³/mol. The molecule has 0 amide bonds. The van der Waals surface area contributed by atoms with Crippen molar-refractivity contribution in [3.8, 4) is 0 Å². The van der Waals surface area contributed by atoms with Crippen molar-refractivity contribution in [2.45, 2.75) is 12.6 Å². The molecule has 2 unspecified atom stereocenters. The van der Waals surface area contributed by atoms with Gasteiger partial charge in [-0.05, 0) is 22.4 Å². The third-order valence-electron chi connectivity index (χ3n) is 3.59. The molecule has 3 nitrogen and oxygen atoms in total. The lowest BCUT2D eigenvalue weighted by molar-refractivity contribution is 0.146. The summed E-state index contributed by atoms with van der Waals surface area (Å²) in [4.78, 5) is 0. The van der Waals surface area contributed by atoms with E-state index in [1.807, 2.05) is 0 Å². The van der Waals surface area contributed by atoms with E-state index in [2.05, 4.69) is 40.3 Å². The number of aliphatic hydroxyl groups excluding tert-OH is 1. The van der Waals surface area contributed by atoms with Gasteiger partial charge in [-0.2, -0.15) is 0 Å². The standard InChI is InChI=1S/C14H18N2OS.ClH/c17-13-8-16-6-10(13)5-15-7-11-9-18-14-4-2-1-3-12(11)14;/h1-4,9-10,13,15-17H,5-8H2;1H. The molecule has 3 N–H and O–H groups in total. The average molecular weight is 299 g/mol. The van der Waals surface area contributed by atoms with E-state index < -0.39 is 0 Å². The summed E-state index contributed by atoms with van der Waals surface area (Å²) in [6.07, 6.45) is -0.197. The summed E-state index contributed by atoms with van der Waals surface area (Å²) in [6, 6.07) is 8.50. The molecule has 1 fully saturated rings. The molecule has 0 saturated carbocycles. The van der Waals surface area contributed by atoms with E-state index in [1.54, 1.807) is 11.3 Å². The number of fused-ring (bicyclic) bond motifs is 1. The van der Waals surface area contributed by atoms with Crippen molar-refractivity contribution in [2.75, 3.05) is 19.6 Å². The first kappa shape index (κ1) is 14.8. The summed E-state index contributed by atoms with van der Waals surface area (Å²) in [6.45, 7) is 3.40. The van der Waals surface area contributed by atoms with Gasteiger partial charge in [-0.3, -0.25) is 0 Å². The molecule has 0 spiro atoms. The number of aliphatic hydroxyl groups is 1. The minimum absolute atomic E-state index is 0. The number of nitrogens with one attached hydrogen (secondary N) is 2. The van der Waals surface area contributed by atoms with Gasteiger partial charge in [0, 0.05) is 36.8 Å². The second-order valence-electron chi connectivity index (χ2n) is 4.87. The van der Waals surface area contributed by atoms with Crippen LogP contribution in [0.5, 0.6) is 0 Å². The topological polar surface area (TPSA) is 44.3 Å². The van der Waals surface area contributed by atoms with Crippen molar-refractivity contribution in [3.05, 3.63) is 35.2 Å². The second-order valence-corrected chi connectivity index (χ2v) is 5.78. The van der Waals surface area contributed by atoms with Crippen LogP contribution in [0.2, 0.25) is 0 Å². The van der Waals surface area contributed by atoms with E-state index in [0.717, 1.165) is 26.2 Å². The molecule has 104 valence electrons. The zero-order chi connectivity index (χ0) is 12.4. The summed E-state index contributed by atoms with van der Waals surface area (Å²) in [5.41, 5.74) is 1.36. The maximum Gasteiger partial charge on any atom is 0.0716 e. The molecule has 1 aromatic carbocycles. The SMILES string of the molecule is Cl.OC1CNCC1CNCc1csc2ccccc12. The largest absolute Gasteiger partial charge is 0.391 e. The lowest BCUT2D eigenvalue weighted by atomic mass is 10.1. The first-order chi connectivity index (χ1) is 8.84. The highest BCUT2D eigenvalue weighted by Gasteiger charge is 2.24. The monoisotopic (exact) mass is 298 g/mol. The molecule has 3 rings (SSSR count). The minimum atomic E-state index is -0.197. The molecule has 19 heavy (non-hydrogen) atoms. The lowest BCUT2D eigenvalue weighted by Crippen LogP contribution is -2.30. The van der Waals surface area contributed by atoms with Crippen LogP contribution in [0, 0.1) is 5.92 Å². The quantitative estimate of drug-likeness (QED) is 0.809. The van der Waals surface area contributed by atoms with Crippen LogP contribution >= 0.6 is 23.7 Å². The first-order valence-corrected chi connectivity index (χ1v) is 7.27. The van der Waals surface area contributed by atoms with Gasteiger partial charge in [-0.25, -0.2) is 0 Å². The number of rotatable bonds is 4. The average Bonchev–Trinajstić information content (AvgIpc) is 2.97. The van der Waals surface area contributed by atoms with Crippen molar-refractivity contribution in [2.24, 2.45) is 5.92 Å². The Bertz CT molecular complexity index is 531. The van der Waals surface area contributed by atoms with E-state index in [4.69, 9.17) is 0 Å². The molecule has 1 aliphatic heterocycles. The highest BCUT2D eigenvalue weighted by Crippen LogP contribution is 2.25. The van der Waals surface area contributed by atoms with E-state index in [9.17, 15) is 5.11 Å². The van der Waals surface area contributed by atoms with Crippen LogP contribution < -0.4 is 10.6 Å². The normalized spacial score (nSPS) is 22.6. The number of hydrogen-bond donors (Lipinski definition) is 3. The highest BCUT2D eigenvalue weighted by atomic mass is 35.5. The molecule has 1 aromatic heterocycles. The van der Waals surface area contributed by atoms with E-state index >= 15 is 0 Å². The van der Waals surface area contributed by atoms with Gasteiger partial charge in [0.2, 0.25) is 0 Å². The maximum absolute atomic E-state index is 9.72. The summed E-state index contributed by atoms with van der Waals surface area (Å²) in [5, 5.41) is 20.0. The molecule has 2 aromatic rings. The summed E-state index contributed by atoms with van der Waals surface area (Å²) in [7, 11) is 0. The number of halogens is 1. The van der Waals surface area contributed by atoms with Crippen LogP contribution in [0.1, 0.15) is 5.56 Å². The molecule has 2 atom stereocenters. The van der Waals surface area contributed by atoms with Crippen LogP contribution in [0.15, 0.2) is 29.6 Å². The van der Waals surface area contributed by atoms with Crippen molar-refractivity contribution in [3.63, 3.8) is 0 Å². The zero-order valence-electron chi connectivity index (χ0n) is 10.6. The second kappa shape index (κ2) is 6.68. The Hall–Kier alpha value is -0.650. The van der Waals surface area contributed by atoms with Gasteiger partial charge >= 0.3 is 0 Å². The molecule has 0 bridgehead atoms. The fourth-order valence-electron chi connectivity index (χ4n) is 2.49. The van der Waals surface area contributed by atoms with Gasteiger partial charge < -0.3 is 15.7 Å². The zero-order valence-corrected chi connectivity index (χ0v) is 12.3. The van der Waals surface area contributed by atoms with Gasteiger partial charge in [0.25, 0.3) is 0 Å². The maximum atomic E-state index is 9.72. The predicted octanol–water partition coefficient (Wildman–Crippen LogP) is 1.99.